The van der Waals surface area contributed by atoms with Crippen LogP contribution in [-0.4, -0.2) is 0 Å². The smallest absolute Gasteiger partial charge is 0.0736 e. The van der Waals surface area contributed by atoms with Crippen LogP contribution in [0.1, 0.15) is 52.6 Å². The molecule has 0 saturated heterocycles. The van der Waals surface area contributed by atoms with Crippen LogP contribution in [0.25, 0.3) is 79.8 Å². The molecule has 2 aliphatic carbocycles. The van der Waals surface area contributed by atoms with Crippen molar-refractivity contribution in [1.82, 2.24) is 0 Å². The molecule has 70 heavy (non-hydrogen) atoms. The Hall–Kier alpha value is -7.47. The predicted molar refractivity (Wildman–Crippen MR) is 301 cm³/mol. The van der Waals surface area contributed by atoms with Gasteiger partial charge >= 0.3 is 0 Å². The highest BCUT2D eigenvalue weighted by molar-refractivity contribution is 7.99. The Morgan fingerprint density at radius 3 is 1.89 bits per heavy atom. The number of hydrogen-bond donors (Lipinski definition) is 0. The van der Waals surface area contributed by atoms with E-state index in [2.05, 4.69) is 236 Å². The van der Waals surface area contributed by atoms with Gasteiger partial charge in [-0.25, -0.2) is 0 Å². The van der Waals surface area contributed by atoms with Gasteiger partial charge in [0.1, 0.15) is 0 Å². The van der Waals surface area contributed by atoms with Gasteiger partial charge in [0.25, 0.3) is 0 Å². The number of rotatable bonds is 5. The van der Waals surface area contributed by atoms with Crippen molar-refractivity contribution in [3.8, 4) is 33.4 Å². The van der Waals surface area contributed by atoms with Gasteiger partial charge in [-0.1, -0.05) is 176 Å². The Morgan fingerprint density at radius 1 is 0.443 bits per heavy atom. The molecule has 1 unspecified atom stereocenters. The average molecular weight is 946 g/mol. The highest BCUT2D eigenvalue weighted by Gasteiger charge is 2.50. The Balaban J connectivity index is 1.01. The van der Waals surface area contributed by atoms with Gasteiger partial charge in [0.15, 0.2) is 0 Å². The van der Waals surface area contributed by atoms with Crippen LogP contribution in [0.15, 0.2) is 228 Å². The molecule has 1 nitrogen and oxygen atoms in total. The van der Waals surface area contributed by atoms with E-state index in [1.54, 1.807) is 0 Å². The van der Waals surface area contributed by atoms with Crippen LogP contribution >= 0.6 is 34.4 Å². The van der Waals surface area contributed by atoms with Crippen LogP contribution in [0.3, 0.4) is 0 Å². The summed E-state index contributed by atoms with van der Waals surface area (Å²) in [5, 5.41) is 5.24. The second kappa shape index (κ2) is 15.5. The molecule has 0 bridgehead atoms. The SMILES string of the molecule is CC1CC=Cc2cccc(-c3cc(N(c4ccc(-c5cccc6sc7ccccc7c56)cc4)c4ccc5c(c4)C4(c6ccccc6Sc6ccccc64)c4ccccc4-5)cc4c3sc3ccccc34)c21. The van der Waals surface area contributed by atoms with Crippen LogP contribution in [-0.2, 0) is 5.41 Å². The molecule has 0 saturated carbocycles. The number of anilines is 3. The van der Waals surface area contributed by atoms with Crippen molar-refractivity contribution in [2.45, 2.75) is 34.5 Å². The lowest BCUT2D eigenvalue weighted by Crippen LogP contribution is -2.32. The van der Waals surface area contributed by atoms with Crippen molar-refractivity contribution in [3.05, 3.63) is 252 Å². The lowest BCUT2D eigenvalue weighted by molar-refractivity contribution is 0.722. The summed E-state index contributed by atoms with van der Waals surface area (Å²) in [7, 11) is 0. The molecule has 4 heteroatoms. The van der Waals surface area contributed by atoms with E-state index in [1.807, 2.05) is 34.4 Å². The fourth-order valence-corrected chi connectivity index (χ4v) is 15.9. The maximum absolute atomic E-state index is 2.55. The van der Waals surface area contributed by atoms with Crippen LogP contribution in [0.2, 0.25) is 0 Å². The summed E-state index contributed by atoms with van der Waals surface area (Å²) in [5.41, 5.74) is 18.7. The van der Waals surface area contributed by atoms with E-state index >= 15 is 0 Å². The number of fused-ring (bicyclic) bond motifs is 16. The number of nitrogens with zero attached hydrogens (tertiary/aromatic N) is 1. The summed E-state index contributed by atoms with van der Waals surface area (Å²) in [6, 6.07) is 80.6. The van der Waals surface area contributed by atoms with Crippen LogP contribution in [0.4, 0.5) is 17.1 Å². The van der Waals surface area contributed by atoms with Crippen molar-refractivity contribution in [2.24, 2.45) is 0 Å². The van der Waals surface area contributed by atoms with Gasteiger partial charge in [-0.15, -0.1) is 22.7 Å². The first-order valence-electron chi connectivity index (χ1n) is 24.3. The molecular weight excluding hydrogens is 903 g/mol. The molecule has 0 amide bonds. The molecule has 1 atom stereocenters. The lowest BCUT2D eigenvalue weighted by Gasteiger charge is -2.40. The van der Waals surface area contributed by atoms with E-state index in [0.717, 1.165) is 23.5 Å². The fraction of sp³-hybridized carbons (Fsp3) is 0.0606. The first-order chi connectivity index (χ1) is 34.6. The summed E-state index contributed by atoms with van der Waals surface area (Å²) >= 11 is 5.70. The van der Waals surface area contributed by atoms with Crippen LogP contribution in [0, 0.1) is 0 Å². The van der Waals surface area contributed by atoms with Crippen molar-refractivity contribution >= 4 is 97.9 Å². The molecule has 10 aromatic carbocycles. The normalized spacial score (nSPS) is 15.0. The zero-order chi connectivity index (χ0) is 46.1. The Morgan fingerprint density at radius 2 is 1.07 bits per heavy atom. The van der Waals surface area contributed by atoms with Gasteiger partial charge in [-0.2, -0.15) is 0 Å². The van der Waals surface area contributed by atoms with Crippen molar-refractivity contribution in [2.75, 3.05) is 4.90 Å². The third-order valence-electron chi connectivity index (χ3n) is 15.4. The van der Waals surface area contributed by atoms with Gasteiger partial charge < -0.3 is 4.90 Å². The zero-order valence-electron chi connectivity index (χ0n) is 38.3. The number of thiophene rings is 2. The molecular formula is C66H43NS3. The standard InChI is InChI=1S/C66H43NS3/c1-40-15-12-16-42-17-13-22-50(63(40)42)53-38-45(37-52-49-19-3-8-26-58(49)70-65(52)53)67(43-33-31-41(32-34-43)46-21-14-30-62-64(46)51-20-4-9-27-59(51)68-62)44-35-36-48-47-18-2-5-23-54(47)66(57(48)39-44)55-24-6-10-28-60(55)69-61-29-11-7-25-56(61)66/h2-14,16-40H,15H2,1H3. The molecule has 12 aromatic rings. The second-order valence-corrected chi connectivity index (χ2v) is 22.3. The minimum Gasteiger partial charge on any atom is -0.310 e. The summed E-state index contributed by atoms with van der Waals surface area (Å²) in [6.45, 7) is 2.39. The summed E-state index contributed by atoms with van der Waals surface area (Å²) < 4.78 is 5.29. The van der Waals surface area contributed by atoms with Crippen molar-refractivity contribution in [1.29, 1.82) is 0 Å². The van der Waals surface area contributed by atoms with E-state index < -0.39 is 5.41 Å². The molecule has 3 aliphatic rings. The molecule has 0 radical (unpaired) electrons. The van der Waals surface area contributed by atoms with Crippen molar-refractivity contribution < 1.29 is 0 Å². The lowest BCUT2D eigenvalue weighted by atomic mass is 9.67. The molecule has 15 rings (SSSR count). The first-order valence-corrected chi connectivity index (χ1v) is 26.7. The van der Waals surface area contributed by atoms with Gasteiger partial charge in [-0.05, 0) is 140 Å². The predicted octanol–water partition coefficient (Wildman–Crippen LogP) is 19.6. The van der Waals surface area contributed by atoms with Gasteiger partial charge in [0.05, 0.1) is 5.41 Å². The van der Waals surface area contributed by atoms with E-state index in [1.165, 1.54) is 117 Å². The van der Waals surface area contributed by atoms with Gasteiger partial charge in [0.2, 0.25) is 0 Å². The molecule has 0 fully saturated rings. The maximum Gasteiger partial charge on any atom is 0.0736 e. The minimum atomic E-state index is -0.497. The van der Waals surface area contributed by atoms with E-state index in [-0.39, 0.29) is 0 Å². The first kappa shape index (κ1) is 40.4. The quantitative estimate of drug-likeness (QED) is 0.169. The monoisotopic (exact) mass is 945 g/mol. The molecule has 0 N–H and O–H groups in total. The number of hydrogen-bond acceptors (Lipinski definition) is 4. The summed E-state index contributed by atoms with van der Waals surface area (Å²) in [4.78, 5) is 5.17. The summed E-state index contributed by atoms with van der Waals surface area (Å²) in [5.74, 6) is 0.409. The molecule has 1 spiro atoms. The van der Waals surface area contributed by atoms with Crippen LogP contribution < -0.4 is 4.90 Å². The third-order valence-corrected chi connectivity index (χ3v) is 18.9. The topological polar surface area (TPSA) is 3.24 Å². The number of benzene rings is 10. The van der Waals surface area contributed by atoms with E-state index in [0.29, 0.717) is 5.92 Å². The average Bonchev–Trinajstić information content (AvgIpc) is 4.08. The second-order valence-electron chi connectivity index (χ2n) is 19.1. The third kappa shape index (κ3) is 5.79. The van der Waals surface area contributed by atoms with E-state index in [9.17, 15) is 0 Å². The molecule has 330 valence electrons. The number of allylic oxidation sites excluding steroid dienone is 1. The molecule has 1 aliphatic heterocycles. The van der Waals surface area contributed by atoms with E-state index in [4.69, 9.17) is 0 Å². The highest BCUT2D eigenvalue weighted by Crippen LogP contribution is 2.63. The Bertz CT molecular complexity index is 4120. The van der Waals surface area contributed by atoms with Crippen LogP contribution in [0.5, 0.6) is 0 Å². The fourth-order valence-electron chi connectivity index (χ4n) is 12.4. The summed E-state index contributed by atoms with van der Waals surface area (Å²) in [6.07, 6.45) is 5.71. The molecule has 3 heterocycles. The highest BCUT2D eigenvalue weighted by atomic mass is 32.2. The maximum atomic E-state index is 2.55. The Kier molecular flexibility index (Phi) is 8.96. The minimum absolute atomic E-state index is 0.409. The molecule has 2 aromatic heterocycles. The van der Waals surface area contributed by atoms with Crippen molar-refractivity contribution in [3.63, 3.8) is 0 Å². The van der Waals surface area contributed by atoms with Gasteiger partial charge in [0, 0.05) is 72.8 Å². The van der Waals surface area contributed by atoms with Gasteiger partial charge in [-0.3, -0.25) is 0 Å². The largest absolute Gasteiger partial charge is 0.310 e. The Labute approximate surface area is 419 Å². The zero-order valence-corrected chi connectivity index (χ0v) is 40.8.